The van der Waals surface area contributed by atoms with Crippen LogP contribution in [0.3, 0.4) is 0 Å². The molecule has 1 aromatic carbocycles. The lowest BCUT2D eigenvalue weighted by molar-refractivity contribution is 0.617. The normalized spacial score (nSPS) is 15.6. The molecule has 17 heavy (non-hydrogen) atoms. The van der Waals surface area contributed by atoms with E-state index in [9.17, 15) is 4.21 Å². The third kappa shape index (κ3) is 4.59. The fourth-order valence-electron chi connectivity index (χ4n) is 1.19. The molecule has 0 saturated heterocycles. The first-order valence-electron chi connectivity index (χ1n) is 5.34. The second-order valence-corrected chi connectivity index (χ2v) is 7.50. The highest BCUT2D eigenvalue weighted by atomic mass is 35.5. The average Bonchev–Trinajstić information content (AvgIpc) is 2.25. The molecule has 1 unspecified atom stereocenters. The van der Waals surface area contributed by atoms with Gasteiger partial charge in [0.05, 0.1) is 21.8 Å². The summed E-state index contributed by atoms with van der Waals surface area (Å²) in [4.78, 5) is 0. The van der Waals surface area contributed by atoms with Crippen LogP contribution < -0.4 is 4.72 Å². The van der Waals surface area contributed by atoms with Crippen LogP contribution in [0.5, 0.6) is 0 Å². The Balaban J connectivity index is 2.79. The molecule has 1 rings (SSSR count). The number of benzene rings is 1. The molecule has 96 valence electrons. The highest BCUT2D eigenvalue weighted by Gasteiger charge is 2.23. The molecular formula is C12H17Cl2NOS. The van der Waals surface area contributed by atoms with E-state index in [2.05, 4.69) is 4.72 Å². The Morgan fingerprint density at radius 2 is 1.82 bits per heavy atom. The van der Waals surface area contributed by atoms with E-state index in [4.69, 9.17) is 23.2 Å². The molecule has 1 N–H and O–H groups in total. The Hall–Kier alpha value is -0.0900. The van der Waals surface area contributed by atoms with Gasteiger partial charge in [-0.1, -0.05) is 23.7 Å². The van der Waals surface area contributed by atoms with Crippen molar-refractivity contribution in [3.8, 4) is 0 Å². The van der Waals surface area contributed by atoms with E-state index in [0.717, 1.165) is 5.56 Å². The van der Waals surface area contributed by atoms with Crippen LogP contribution in [0, 0.1) is 0 Å². The highest BCUT2D eigenvalue weighted by Crippen LogP contribution is 2.20. The van der Waals surface area contributed by atoms with Gasteiger partial charge in [-0.3, -0.25) is 0 Å². The summed E-state index contributed by atoms with van der Waals surface area (Å²) in [7, 11) is -1.14. The minimum Gasteiger partial charge on any atom is -0.242 e. The number of alkyl halides is 1. The maximum absolute atomic E-state index is 12.0. The summed E-state index contributed by atoms with van der Waals surface area (Å²) in [6.45, 7) is 5.76. The van der Waals surface area contributed by atoms with Gasteiger partial charge < -0.3 is 0 Å². The monoisotopic (exact) mass is 293 g/mol. The first kappa shape index (κ1) is 15.0. The lowest BCUT2D eigenvalue weighted by Crippen LogP contribution is -2.36. The van der Waals surface area contributed by atoms with Crippen molar-refractivity contribution in [3.05, 3.63) is 34.9 Å². The summed E-state index contributed by atoms with van der Waals surface area (Å²) < 4.78 is 14.7. The van der Waals surface area contributed by atoms with Crippen LogP contribution in [0.1, 0.15) is 32.4 Å². The van der Waals surface area contributed by atoms with Crippen molar-refractivity contribution in [2.24, 2.45) is 0 Å². The van der Waals surface area contributed by atoms with Crippen molar-refractivity contribution in [1.82, 2.24) is 4.72 Å². The minimum atomic E-state index is -1.14. The van der Waals surface area contributed by atoms with E-state index in [1.807, 2.05) is 32.9 Å². The van der Waals surface area contributed by atoms with Gasteiger partial charge in [-0.25, -0.2) is 8.93 Å². The van der Waals surface area contributed by atoms with Crippen LogP contribution in [-0.2, 0) is 11.0 Å². The molecule has 0 aliphatic heterocycles. The van der Waals surface area contributed by atoms with Crippen LogP contribution in [-0.4, -0.2) is 14.8 Å². The number of hydrogen-bond donors (Lipinski definition) is 1. The zero-order valence-corrected chi connectivity index (χ0v) is 12.5. The topological polar surface area (TPSA) is 29.1 Å². The number of hydrogen-bond acceptors (Lipinski definition) is 1. The third-order valence-electron chi connectivity index (χ3n) is 2.23. The van der Waals surface area contributed by atoms with Gasteiger partial charge in [0.1, 0.15) is 0 Å². The molecule has 0 amide bonds. The van der Waals surface area contributed by atoms with Gasteiger partial charge in [0, 0.05) is 10.9 Å². The second-order valence-electron chi connectivity index (χ2n) is 4.76. The van der Waals surface area contributed by atoms with Crippen molar-refractivity contribution in [1.29, 1.82) is 0 Å². The van der Waals surface area contributed by atoms with Crippen molar-refractivity contribution in [3.63, 3.8) is 0 Å². The second kappa shape index (κ2) is 6.19. The summed E-state index contributed by atoms with van der Waals surface area (Å²) in [5, 5.41) is 0.680. The lowest BCUT2D eigenvalue weighted by Gasteiger charge is -2.23. The molecule has 0 saturated carbocycles. The standard InChI is InChI=1S/C12H17Cl2NOS/c1-12(2,3)17(16)15-11(8-13)9-4-6-10(14)7-5-9/h4-7,11,15H,8H2,1-3H3/t11-,17?/m1/s1. The SMILES string of the molecule is CC(C)(C)S(=O)N[C@H](CCl)c1ccc(Cl)cc1. The van der Waals surface area contributed by atoms with Crippen molar-refractivity contribution >= 4 is 34.2 Å². The van der Waals surface area contributed by atoms with E-state index < -0.39 is 11.0 Å². The predicted molar refractivity (Wildman–Crippen MR) is 75.9 cm³/mol. The summed E-state index contributed by atoms with van der Waals surface area (Å²) in [5.41, 5.74) is 0.988. The summed E-state index contributed by atoms with van der Waals surface area (Å²) >= 11 is 11.7. The summed E-state index contributed by atoms with van der Waals surface area (Å²) in [6, 6.07) is 7.26. The van der Waals surface area contributed by atoms with Crippen LogP contribution in [0.15, 0.2) is 24.3 Å². The fraction of sp³-hybridized carbons (Fsp3) is 0.500. The number of halogens is 2. The first-order chi connectivity index (χ1) is 7.84. The van der Waals surface area contributed by atoms with E-state index >= 15 is 0 Å². The van der Waals surface area contributed by atoms with Crippen molar-refractivity contribution in [2.45, 2.75) is 31.6 Å². The van der Waals surface area contributed by atoms with Crippen LogP contribution in [0.2, 0.25) is 5.02 Å². The van der Waals surface area contributed by atoms with Gasteiger partial charge in [0.25, 0.3) is 0 Å². The molecule has 0 spiro atoms. The molecule has 2 atom stereocenters. The summed E-state index contributed by atoms with van der Waals surface area (Å²) in [5.74, 6) is 0.365. The van der Waals surface area contributed by atoms with Crippen LogP contribution >= 0.6 is 23.2 Å². The molecule has 0 bridgehead atoms. The van der Waals surface area contributed by atoms with E-state index in [1.54, 1.807) is 12.1 Å². The Bertz CT molecular complexity index is 386. The zero-order valence-electron chi connectivity index (χ0n) is 10.2. The lowest BCUT2D eigenvalue weighted by atomic mass is 10.1. The molecule has 5 heteroatoms. The van der Waals surface area contributed by atoms with E-state index in [0.29, 0.717) is 10.9 Å². The summed E-state index contributed by atoms with van der Waals surface area (Å²) in [6.07, 6.45) is 0. The molecular weight excluding hydrogens is 277 g/mol. The van der Waals surface area contributed by atoms with Gasteiger partial charge in [-0.15, -0.1) is 11.6 Å². The molecule has 0 aromatic heterocycles. The van der Waals surface area contributed by atoms with Crippen LogP contribution in [0.25, 0.3) is 0 Å². The maximum Gasteiger partial charge on any atom is 0.0976 e. The van der Waals surface area contributed by atoms with E-state index in [-0.39, 0.29) is 10.8 Å². The molecule has 2 nitrogen and oxygen atoms in total. The largest absolute Gasteiger partial charge is 0.242 e. The first-order valence-corrected chi connectivity index (χ1v) is 7.40. The van der Waals surface area contributed by atoms with Gasteiger partial charge >= 0.3 is 0 Å². The van der Waals surface area contributed by atoms with Gasteiger partial charge in [-0.2, -0.15) is 0 Å². The zero-order chi connectivity index (χ0) is 13.1. The average molecular weight is 294 g/mol. The quantitative estimate of drug-likeness (QED) is 0.843. The minimum absolute atomic E-state index is 0.131. The molecule has 1 aromatic rings. The van der Waals surface area contributed by atoms with Crippen molar-refractivity contribution in [2.75, 3.05) is 5.88 Å². The van der Waals surface area contributed by atoms with Gasteiger partial charge in [0.15, 0.2) is 0 Å². The molecule has 0 aliphatic carbocycles. The molecule has 0 heterocycles. The van der Waals surface area contributed by atoms with Gasteiger partial charge in [-0.05, 0) is 38.5 Å². The highest BCUT2D eigenvalue weighted by molar-refractivity contribution is 7.84. The molecule has 0 fully saturated rings. The Kier molecular flexibility index (Phi) is 5.45. The van der Waals surface area contributed by atoms with Gasteiger partial charge in [0.2, 0.25) is 0 Å². The van der Waals surface area contributed by atoms with E-state index in [1.165, 1.54) is 0 Å². The maximum atomic E-state index is 12.0. The smallest absolute Gasteiger partial charge is 0.0976 e. The predicted octanol–water partition coefficient (Wildman–Crippen LogP) is 3.67. The molecule has 0 radical (unpaired) electrons. The molecule has 0 aliphatic rings. The van der Waals surface area contributed by atoms with Crippen LogP contribution in [0.4, 0.5) is 0 Å². The fourth-order valence-corrected chi connectivity index (χ4v) is 2.49. The Morgan fingerprint density at radius 1 is 1.29 bits per heavy atom. The number of rotatable bonds is 4. The Morgan fingerprint density at radius 3 is 2.24 bits per heavy atom. The Labute approximate surface area is 115 Å². The third-order valence-corrected chi connectivity index (χ3v) is 4.40. The number of nitrogens with one attached hydrogen (secondary N) is 1. The van der Waals surface area contributed by atoms with Crippen molar-refractivity contribution < 1.29 is 4.21 Å².